The van der Waals surface area contributed by atoms with E-state index in [-0.39, 0.29) is 11.4 Å². The normalized spacial score (nSPS) is 9.54. The summed E-state index contributed by atoms with van der Waals surface area (Å²) in [4.78, 5) is 0. The van der Waals surface area contributed by atoms with Gasteiger partial charge in [0.2, 0.25) is 10.3 Å². The smallest absolute Gasteiger partial charge is 0.210 e. The molecule has 1 aromatic carbocycles. The summed E-state index contributed by atoms with van der Waals surface area (Å²) in [6, 6.07) is 4.60. The van der Waals surface area contributed by atoms with Crippen LogP contribution in [-0.2, 0) is 16.7 Å². The van der Waals surface area contributed by atoms with Gasteiger partial charge in [0.1, 0.15) is 5.75 Å². The van der Waals surface area contributed by atoms with Gasteiger partial charge in [-0.1, -0.05) is 6.07 Å². The van der Waals surface area contributed by atoms with Crippen LogP contribution in [0.5, 0.6) is 5.75 Å². The first kappa shape index (κ1) is 9.60. The number of nitrogens with two attached hydrogens (primary N) is 1. The molecule has 0 radical (unpaired) electrons. The van der Waals surface area contributed by atoms with E-state index in [0.29, 0.717) is 6.42 Å². The molecular formula is C8H9NO3S. The van der Waals surface area contributed by atoms with Gasteiger partial charge in [0.25, 0.3) is 0 Å². The zero-order chi connectivity index (χ0) is 9.84. The molecule has 0 amide bonds. The fourth-order valence-electron chi connectivity index (χ4n) is 0.895. The van der Waals surface area contributed by atoms with Crippen molar-refractivity contribution < 1.29 is 13.5 Å². The maximum Gasteiger partial charge on any atom is 0.210 e. The lowest BCUT2D eigenvalue weighted by Crippen LogP contribution is -1.91. The van der Waals surface area contributed by atoms with E-state index < -0.39 is 10.3 Å². The van der Waals surface area contributed by atoms with Crippen LogP contribution in [0.4, 0.5) is 5.69 Å². The van der Waals surface area contributed by atoms with Crippen LogP contribution >= 0.6 is 0 Å². The molecule has 0 bridgehead atoms. The molecule has 3 N–H and O–H groups in total. The third-order valence-corrected chi connectivity index (χ3v) is 1.99. The van der Waals surface area contributed by atoms with Gasteiger partial charge in [-0.3, -0.25) is 0 Å². The summed E-state index contributed by atoms with van der Waals surface area (Å²) in [5.41, 5.74) is 6.41. The summed E-state index contributed by atoms with van der Waals surface area (Å²) in [6.45, 7) is 0. The number of hydrogen-bond acceptors (Lipinski definition) is 4. The molecule has 0 heterocycles. The van der Waals surface area contributed by atoms with Gasteiger partial charge < -0.3 is 10.8 Å². The monoisotopic (exact) mass is 199 g/mol. The molecule has 1 rings (SSSR count). The number of phenolic OH excluding ortho intramolecular Hbond substituents is 1. The Kier molecular flexibility index (Phi) is 2.92. The molecule has 13 heavy (non-hydrogen) atoms. The Balaban J connectivity index is 2.92. The molecule has 0 aromatic heterocycles. The molecule has 0 aliphatic carbocycles. The maximum atomic E-state index is 10.2. The largest absolute Gasteiger partial charge is 0.506 e. The van der Waals surface area contributed by atoms with E-state index in [4.69, 9.17) is 10.8 Å². The lowest BCUT2D eigenvalue weighted by molar-refractivity contribution is 0.478. The highest BCUT2D eigenvalue weighted by Crippen LogP contribution is 2.20. The molecule has 0 aliphatic rings. The van der Waals surface area contributed by atoms with Gasteiger partial charge in [-0.15, -0.1) is 0 Å². The quantitative estimate of drug-likeness (QED) is 0.405. The molecule has 0 fully saturated rings. The minimum Gasteiger partial charge on any atom is -0.506 e. The zero-order valence-electron chi connectivity index (χ0n) is 6.77. The highest BCUT2D eigenvalue weighted by molar-refractivity contribution is 7.71. The van der Waals surface area contributed by atoms with E-state index in [2.05, 4.69) is 0 Å². The minimum absolute atomic E-state index is 0.00648. The van der Waals surface area contributed by atoms with Crippen molar-refractivity contribution in [2.75, 3.05) is 5.73 Å². The summed E-state index contributed by atoms with van der Waals surface area (Å²) < 4.78 is 20.4. The SMILES string of the molecule is Nc1cc(CC=S(=O)=O)ccc1O. The first-order valence-corrected chi connectivity index (χ1v) is 4.72. The Morgan fingerprint density at radius 1 is 1.46 bits per heavy atom. The topological polar surface area (TPSA) is 80.4 Å². The van der Waals surface area contributed by atoms with Crippen molar-refractivity contribution in [1.29, 1.82) is 0 Å². The predicted octanol–water partition coefficient (Wildman–Crippen LogP) is 0.198. The van der Waals surface area contributed by atoms with Crippen molar-refractivity contribution in [3.8, 4) is 5.75 Å². The van der Waals surface area contributed by atoms with Crippen LogP contribution in [0, 0.1) is 0 Å². The van der Waals surface area contributed by atoms with Crippen LogP contribution in [0.25, 0.3) is 0 Å². The van der Waals surface area contributed by atoms with Crippen molar-refractivity contribution in [2.24, 2.45) is 0 Å². The van der Waals surface area contributed by atoms with E-state index in [1.165, 1.54) is 6.07 Å². The second-order valence-corrected chi connectivity index (χ2v) is 3.38. The fourth-order valence-corrected chi connectivity index (χ4v) is 1.22. The standard InChI is InChI=1S/C8H9NO3S/c9-7-5-6(1-2-8(7)10)3-4-13(11)12/h1-2,4-5,10H,3,9H2. The Morgan fingerprint density at radius 2 is 2.15 bits per heavy atom. The summed E-state index contributed by atoms with van der Waals surface area (Å²) in [5, 5.41) is 10.2. The maximum absolute atomic E-state index is 10.2. The second-order valence-electron chi connectivity index (χ2n) is 2.52. The molecule has 0 spiro atoms. The lowest BCUT2D eigenvalue weighted by Gasteiger charge is -1.99. The van der Waals surface area contributed by atoms with Crippen LogP contribution in [0.1, 0.15) is 5.56 Å². The average molecular weight is 199 g/mol. The van der Waals surface area contributed by atoms with Crippen LogP contribution < -0.4 is 5.73 Å². The fraction of sp³-hybridized carbons (Fsp3) is 0.125. The average Bonchev–Trinajstić information content (AvgIpc) is 2.07. The van der Waals surface area contributed by atoms with E-state index in [1.54, 1.807) is 12.1 Å². The van der Waals surface area contributed by atoms with Gasteiger partial charge >= 0.3 is 0 Å². The number of phenols is 1. The van der Waals surface area contributed by atoms with Crippen molar-refractivity contribution in [3.05, 3.63) is 23.8 Å². The Morgan fingerprint density at radius 3 is 2.69 bits per heavy atom. The Bertz CT molecular complexity index is 429. The highest BCUT2D eigenvalue weighted by Gasteiger charge is 1.97. The number of nitrogen functional groups attached to an aromatic ring is 1. The van der Waals surface area contributed by atoms with Crippen LogP contribution in [0.2, 0.25) is 0 Å². The van der Waals surface area contributed by atoms with E-state index in [9.17, 15) is 8.42 Å². The summed E-state index contributed by atoms with van der Waals surface area (Å²) in [6.07, 6.45) is 0.292. The molecule has 70 valence electrons. The van der Waals surface area contributed by atoms with Gasteiger partial charge in [-0.2, -0.15) is 8.42 Å². The molecule has 1 aromatic rings. The van der Waals surface area contributed by atoms with Gasteiger partial charge in [-0.25, -0.2) is 0 Å². The van der Waals surface area contributed by atoms with Crippen molar-refractivity contribution in [1.82, 2.24) is 0 Å². The molecule has 5 heteroatoms. The van der Waals surface area contributed by atoms with Crippen molar-refractivity contribution in [2.45, 2.75) is 6.42 Å². The van der Waals surface area contributed by atoms with E-state index >= 15 is 0 Å². The van der Waals surface area contributed by atoms with Crippen molar-refractivity contribution >= 4 is 21.3 Å². The molecule has 0 unspecified atom stereocenters. The highest BCUT2D eigenvalue weighted by atomic mass is 32.2. The molecule has 0 saturated carbocycles. The molecule has 4 nitrogen and oxygen atoms in total. The molecule has 0 aliphatic heterocycles. The predicted molar refractivity (Wildman–Crippen MR) is 51.2 cm³/mol. The van der Waals surface area contributed by atoms with Crippen LogP contribution in [0.15, 0.2) is 18.2 Å². The third-order valence-electron chi connectivity index (χ3n) is 1.55. The molecule has 0 saturated heterocycles. The van der Waals surface area contributed by atoms with E-state index in [1.807, 2.05) is 0 Å². The number of benzene rings is 1. The first-order valence-electron chi connectivity index (χ1n) is 3.58. The summed E-state index contributed by atoms with van der Waals surface area (Å²) in [5.74, 6) is 0.00648. The molecule has 0 atom stereocenters. The number of hydrogen-bond donors (Lipinski definition) is 2. The number of rotatable bonds is 2. The van der Waals surface area contributed by atoms with Gasteiger partial charge in [0, 0.05) is 11.8 Å². The van der Waals surface area contributed by atoms with Crippen LogP contribution in [0.3, 0.4) is 0 Å². The molecular weight excluding hydrogens is 190 g/mol. The Hall–Kier alpha value is -1.49. The second kappa shape index (κ2) is 3.95. The van der Waals surface area contributed by atoms with Gasteiger partial charge in [0.05, 0.1) is 5.69 Å². The number of anilines is 1. The first-order chi connectivity index (χ1) is 6.09. The van der Waals surface area contributed by atoms with Crippen molar-refractivity contribution in [3.63, 3.8) is 0 Å². The van der Waals surface area contributed by atoms with Gasteiger partial charge in [-0.05, 0) is 17.7 Å². The van der Waals surface area contributed by atoms with E-state index in [0.717, 1.165) is 10.9 Å². The summed E-state index contributed by atoms with van der Waals surface area (Å²) in [7, 11) is -2.16. The minimum atomic E-state index is -2.16. The number of aromatic hydroxyl groups is 1. The zero-order valence-corrected chi connectivity index (χ0v) is 7.58. The summed E-state index contributed by atoms with van der Waals surface area (Å²) >= 11 is 0. The Labute approximate surface area is 77.2 Å². The third kappa shape index (κ3) is 2.79. The van der Waals surface area contributed by atoms with Crippen LogP contribution in [-0.4, -0.2) is 18.9 Å². The van der Waals surface area contributed by atoms with Gasteiger partial charge in [0.15, 0.2) is 0 Å². The lowest BCUT2D eigenvalue weighted by atomic mass is 10.1.